The van der Waals surface area contributed by atoms with Gasteiger partial charge in [0.2, 0.25) is 0 Å². The first-order valence-corrected chi connectivity index (χ1v) is 21.1. The number of hydrogen-bond donors (Lipinski definition) is 0. The van der Waals surface area contributed by atoms with E-state index >= 15 is 0 Å². The van der Waals surface area contributed by atoms with Crippen LogP contribution in [0.1, 0.15) is 0 Å². The Morgan fingerprint density at radius 3 is 1.43 bits per heavy atom. The number of benzene rings is 8. The fourth-order valence-electron chi connectivity index (χ4n) is 8.42. The first kappa shape index (κ1) is 33.4. The van der Waals surface area contributed by atoms with Crippen LogP contribution in [0.25, 0.3) is 61.4 Å². The third-order valence-corrected chi connectivity index (χ3v) is 15.7. The predicted octanol–water partition coefficient (Wildman–Crippen LogP) is 9.95. The summed E-state index contributed by atoms with van der Waals surface area (Å²) in [5.41, 5.74) is 8.35. The highest BCUT2D eigenvalue weighted by Gasteiger charge is 2.41. The quantitative estimate of drug-likeness (QED) is 0.115. The van der Waals surface area contributed by atoms with Crippen LogP contribution in [-0.4, -0.2) is 22.6 Å². The smallest absolute Gasteiger partial charge is 0.179 e. The van der Waals surface area contributed by atoms with Crippen LogP contribution >= 0.6 is 0 Å². The SMILES string of the molecule is c1ccc(-c2cc(-c3ccc4c(c3)c3ccccc3n4-c3ccccc3)nc(-c3cccc([Si](c4ccccc4)(c4ccccc4)c4ccccc4)c3)n2)cc1. The Hall–Kier alpha value is -7.14. The van der Waals surface area contributed by atoms with Gasteiger partial charge in [0.05, 0.1) is 22.4 Å². The van der Waals surface area contributed by atoms with Gasteiger partial charge >= 0.3 is 0 Å². The maximum atomic E-state index is 5.39. The van der Waals surface area contributed by atoms with Crippen molar-refractivity contribution in [2.45, 2.75) is 0 Å². The molecule has 10 rings (SSSR count). The van der Waals surface area contributed by atoms with Crippen molar-refractivity contribution in [3.63, 3.8) is 0 Å². The molecule has 0 aliphatic rings. The minimum absolute atomic E-state index is 0.701. The van der Waals surface area contributed by atoms with Crippen molar-refractivity contribution in [2.75, 3.05) is 0 Å². The molecule has 2 aromatic heterocycles. The van der Waals surface area contributed by atoms with Crippen molar-refractivity contribution < 1.29 is 0 Å². The average molecular weight is 732 g/mol. The molecule has 0 bridgehead atoms. The normalized spacial score (nSPS) is 11.6. The number of nitrogens with zero attached hydrogens (tertiary/aromatic N) is 3. The fourth-order valence-corrected chi connectivity index (χ4v) is 13.2. The summed E-state index contributed by atoms with van der Waals surface area (Å²) in [5.74, 6) is 0.701. The summed E-state index contributed by atoms with van der Waals surface area (Å²) in [6.07, 6.45) is 0. The van der Waals surface area contributed by atoms with Gasteiger partial charge in [0.1, 0.15) is 0 Å². The molecule has 264 valence electrons. The van der Waals surface area contributed by atoms with Crippen molar-refractivity contribution in [2.24, 2.45) is 0 Å². The lowest BCUT2D eigenvalue weighted by Crippen LogP contribution is -2.74. The lowest BCUT2D eigenvalue weighted by molar-refractivity contribution is 1.18. The summed E-state index contributed by atoms with van der Waals surface area (Å²) in [5, 5.41) is 7.67. The van der Waals surface area contributed by atoms with Gasteiger partial charge in [-0.1, -0.05) is 188 Å². The van der Waals surface area contributed by atoms with Crippen LogP contribution in [0.3, 0.4) is 0 Å². The van der Waals surface area contributed by atoms with E-state index in [9.17, 15) is 0 Å². The molecule has 3 nitrogen and oxygen atoms in total. The monoisotopic (exact) mass is 731 g/mol. The van der Waals surface area contributed by atoms with E-state index in [1.54, 1.807) is 0 Å². The zero-order valence-corrected chi connectivity index (χ0v) is 31.7. The highest BCUT2D eigenvalue weighted by Crippen LogP contribution is 2.36. The van der Waals surface area contributed by atoms with Crippen molar-refractivity contribution >= 4 is 50.6 Å². The molecule has 0 saturated heterocycles. The summed E-state index contributed by atoms with van der Waals surface area (Å²) in [6, 6.07) is 80.7. The van der Waals surface area contributed by atoms with E-state index in [1.165, 1.54) is 37.0 Å². The predicted molar refractivity (Wildman–Crippen MR) is 236 cm³/mol. The van der Waals surface area contributed by atoms with Gasteiger partial charge in [-0.3, -0.25) is 0 Å². The number of fused-ring (bicyclic) bond motifs is 3. The van der Waals surface area contributed by atoms with E-state index in [2.05, 4.69) is 223 Å². The molecule has 0 aliphatic carbocycles. The van der Waals surface area contributed by atoms with Gasteiger partial charge in [0.15, 0.2) is 13.9 Å². The first-order chi connectivity index (χ1) is 27.8. The second kappa shape index (κ2) is 14.3. The summed E-state index contributed by atoms with van der Waals surface area (Å²) in [4.78, 5) is 10.7. The molecule has 0 atom stereocenters. The van der Waals surface area contributed by atoms with Gasteiger partial charge in [-0.2, -0.15) is 0 Å². The van der Waals surface area contributed by atoms with E-state index in [-0.39, 0.29) is 0 Å². The van der Waals surface area contributed by atoms with Crippen LogP contribution in [0.2, 0.25) is 0 Å². The zero-order chi connectivity index (χ0) is 37.3. The second-order valence-corrected chi connectivity index (χ2v) is 18.0. The van der Waals surface area contributed by atoms with E-state index in [0.717, 1.165) is 39.3 Å². The van der Waals surface area contributed by atoms with Gasteiger partial charge in [0.25, 0.3) is 0 Å². The van der Waals surface area contributed by atoms with Crippen molar-refractivity contribution in [3.05, 3.63) is 224 Å². The minimum atomic E-state index is -2.76. The molecule has 4 heteroatoms. The second-order valence-electron chi connectivity index (χ2n) is 14.2. The molecule has 0 amide bonds. The van der Waals surface area contributed by atoms with E-state index in [0.29, 0.717) is 5.82 Å². The maximum Gasteiger partial charge on any atom is 0.179 e. The highest BCUT2D eigenvalue weighted by atomic mass is 28.3. The molecule has 8 aromatic carbocycles. The van der Waals surface area contributed by atoms with E-state index in [4.69, 9.17) is 9.97 Å². The molecule has 56 heavy (non-hydrogen) atoms. The molecule has 10 aromatic rings. The topological polar surface area (TPSA) is 30.7 Å². The molecule has 0 spiro atoms. The molecule has 0 fully saturated rings. The Morgan fingerprint density at radius 2 is 0.804 bits per heavy atom. The molecule has 0 unspecified atom stereocenters. The lowest BCUT2D eigenvalue weighted by atomic mass is 10.0. The molecular weight excluding hydrogens is 695 g/mol. The number of rotatable bonds is 8. The Bertz CT molecular complexity index is 2850. The maximum absolute atomic E-state index is 5.39. The molecule has 0 radical (unpaired) electrons. The summed E-state index contributed by atoms with van der Waals surface area (Å²) in [7, 11) is -2.76. The molecule has 0 N–H and O–H groups in total. The molecule has 0 aliphatic heterocycles. The molecule has 0 saturated carbocycles. The lowest BCUT2D eigenvalue weighted by Gasteiger charge is -2.34. The van der Waals surface area contributed by atoms with Gasteiger partial charge in [-0.05, 0) is 57.1 Å². The van der Waals surface area contributed by atoms with Crippen LogP contribution < -0.4 is 20.7 Å². The average Bonchev–Trinajstić information content (AvgIpc) is 3.62. The largest absolute Gasteiger partial charge is 0.309 e. The molecule has 2 heterocycles. The van der Waals surface area contributed by atoms with E-state index in [1.807, 2.05) is 6.07 Å². The Labute approximate surface area is 327 Å². The summed E-state index contributed by atoms with van der Waals surface area (Å²) < 4.78 is 2.35. The van der Waals surface area contributed by atoms with Crippen LogP contribution in [-0.2, 0) is 0 Å². The van der Waals surface area contributed by atoms with E-state index < -0.39 is 8.07 Å². The standard InChI is InChI=1S/C52H37N3Si/c1-6-19-38(20-7-1)48-37-49(39-33-34-51-47(36-39)46-31-16-17-32-50(46)55(51)41-22-8-2-9-23-41)54-52(53-48)40-21-18-30-45(35-40)56(42-24-10-3-11-25-42,43-26-12-4-13-27-43)44-28-14-5-15-29-44/h1-37H. The Kier molecular flexibility index (Phi) is 8.51. The van der Waals surface area contributed by atoms with Gasteiger partial charge in [-0.15, -0.1) is 0 Å². The first-order valence-electron chi connectivity index (χ1n) is 19.1. The highest BCUT2D eigenvalue weighted by molar-refractivity contribution is 7.19. The Balaban J connectivity index is 1.19. The van der Waals surface area contributed by atoms with Crippen molar-refractivity contribution in [3.8, 4) is 39.6 Å². The van der Waals surface area contributed by atoms with Crippen LogP contribution in [0.15, 0.2) is 224 Å². The van der Waals surface area contributed by atoms with Crippen LogP contribution in [0, 0.1) is 0 Å². The van der Waals surface area contributed by atoms with Gasteiger partial charge in [-0.25, -0.2) is 9.97 Å². The van der Waals surface area contributed by atoms with Crippen molar-refractivity contribution in [1.82, 2.24) is 14.5 Å². The van der Waals surface area contributed by atoms with Gasteiger partial charge in [0, 0.05) is 33.2 Å². The van der Waals surface area contributed by atoms with Crippen LogP contribution in [0.5, 0.6) is 0 Å². The summed E-state index contributed by atoms with van der Waals surface area (Å²) in [6.45, 7) is 0. The number of hydrogen-bond acceptors (Lipinski definition) is 2. The Morgan fingerprint density at radius 1 is 0.321 bits per heavy atom. The molecular formula is C52H37N3Si. The van der Waals surface area contributed by atoms with Crippen molar-refractivity contribution in [1.29, 1.82) is 0 Å². The van der Waals surface area contributed by atoms with Crippen LogP contribution in [0.4, 0.5) is 0 Å². The fraction of sp³-hybridized carbons (Fsp3) is 0. The number of para-hydroxylation sites is 2. The third kappa shape index (κ3) is 5.75. The number of aromatic nitrogens is 3. The summed E-state index contributed by atoms with van der Waals surface area (Å²) >= 11 is 0. The van der Waals surface area contributed by atoms with Gasteiger partial charge < -0.3 is 4.57 Å². The third-order valence-electron chi connectivity index (χ3n) is 11.0. The zero-order valence-electron chi connectivity index (χ0n) is 30.7. The minimum Gasteiger partial charge on any atom is -0.309 e.